The molecular weight excluding hydrogens is 356 g/mol. The topological polar surface area (TPSA) is 86.7 Å². The molecule has 1 amide bonds. The van der Waals surface area contributed by atoms with Crippen LogP contribution in [0.1, 0.15) is 26.2 Å². The van der Waals surface area contributed by atoms with E-state index in [4.69, 9.17) is 4.74 Å². The predicted molar refractivity (Wildman–Crippen MR) is 110 cm³/mol. The molecule has 1 saturated heterocycles. The number of hydrogen-bond donors (Lipinski definition) is 3. The lowest BCUT2D eigenvalue weighted by Gasteiger charge is -2.37. The summed E-state index contributed by atoms with van der Waals surface area (Å²) in [4.78, 5) is 19.0. The van der Waals surface area contributed by atoms with Crippen LogP contribution in [0.25, 0.3) is 10.8 Å². The number of pyridine rings is 1. The van der Waals surface area contributed by atoms with E-state index in [0.29, 0.717) is 5.92 Å². The molecule has 2 heterocycles. The van der Waals surface area contributed by atoms with E-state index in [1.54, 1.807) is 7.05 Å². The summed E-state index contributed by atoms with van der Waals surface area (Å²) in [5, 5.41) is 17.4. The average Bonchev–Trinajstić information content (AvgIpc) is 2.75. The molecule has 0 radical (unpaired) electrons. The number of fused-ring (bicyclic) bond motifs is 1. The highest BCUT2D eigenvalue weighted by molar-refractivity contribution is 5.92. The van der Waals surface area contributed by atoms with Gasteiger partial charge in [-0.1, -0.05) is 31.2 Å². The van der Waals surface area contributed by atoms with Crippen LogP contribution in [0.2, 0.25) is 0 Å². The summed E-state index contributed by atoms with van der Waals surface area (Å²) in [5.74, 6) is 1.44. The third-order valence-electron chi connectivity index (χ3n) is 5.51. The molecule has 0 spiro atoms. The van der Waals surface area contributed by atoms with Gasteiger partial charge in [-0.3, -0.25) is 5.32 Å². The van der Waals surface area contributed by atoms with Crippen LogP contribution in [0.3, 0.4) is 0 Å². The highest BCUT2D eigenvalue weighted by Gasteiger charge is 2.28. The van der Waals surface area contributed by atoms with Gasteiger partial charge in [0.15, 0.2) is 0 Å². The number of alkyl carbamates (subject to hydrolysis) is 1. The Bertz CT molecular complexity index is 772. The first-order chi connectivity index (χ1) is 13.6. The SMILES string of the molecule is CCC(NC(=O)OCC(O)NC)C1CCN(c2nccc3ccccc23)CC1. The van der Waals surface area contributed by atoms with Gasteiger partial charge in [0, 0.05) is 30.7 Å². The van der Waals surface area contributed by atoms with Crippen LogP contribution in [0.4, 0.5) is 10.6 Å². The van der Waals surface area contributed by atoms with Gasteiger partial charge in [-0.2, -0.15) is 0 Å². The zero-order valence-electron chi connectivity index (χ0n) is 16.6. The second kappa shape index (κ2) is 9.71. The Labute approximate surface area is 166 Å². The number of carbonyl (C=O) groups is 1. The van der Waals surface area contributed by atoms with Crippen LogP contribution in [-0.4, -0.2) is 55.2 Å². The van der Waals surface area contributed by atoms with Crippen LogP contribution in [0, 0.1) is 5.92 Å². The molecule has 2 aromatic rings. The molecule has 1 aliphatic heterocycles. The van der Waals surface area contributed by atoms with E-state index in [0.717, 1.165) is 38.2 Å². The van der Waals surface area contributed by atoms with Gasteiger partial charge in [0.2, 0.25) is 0 Å². The number of aliphatic hydroxyl groups is 1. The molecule has 1 fully saturated rings. The molecule has 0 bridgehead atoms. The highest BCUT2D eigenvalue weighted by atomic mass is 16.6. The number of rotatable bonds is 7. The number of carbonyl (C=O) groups excluding carboxylic acids is 1. The molecule has 1 aromatic carbocycles. The van der Waals surface area contributed by atoms with E-state index in [1.807, 2.05) is 24.4 Å². The zero-order chi connectivity index (χ0) is 19.9. The molecule has 3 rings (SSSR count). The molecule has 7 heteroatoms. The number of benzene rings is 1. The number of aliphatic hydroxyl groups excluding tert-OH is 1. The standard InChI is InChI=1S/C21H30N4O3/c1-3-18(24-21(27)28-14-19(26)22-2)16-9-12-25(13-10-16)20-17-7-5-4-6-15(17)8-11-23-20/h4-8,11,16,18-19,22,26H,3,9-10,12-14H2,1-2H3,(H,24,27). The monoisotopic (exact) mass is 386 g/mol. The lowest BCUT2D eigenvalue weighted by Crippen LogP contribution is -2.46. The Morgan fingerprint density at radius 3 is 2.79 bits per heavy atom. The smallest absolute Gasteiger partial charge is 0.407 e. The lowest BCUT2D eigenvalue weighted by atomic mass is 9.88. The first kappa shape index (κ1) is 20.4. The normalized spacial score (nSPS) is 17.3. The van der Waals surface area contributed by atoms with Crippen LogP contribution >= 0.6 is 0 Å². The maximum atomic E-state index is 12.0. The van der Waals surface area contributed by atoms with Gasteiger partial charge < -0.3 is 20.1 Å². The van der Waals surface area contributed by atoms with Gasteiger partial charge in [-0.05, 0) is 43.7 Å². The maximum absolute atomic E-state index is 12.0. The summed E-state index contributed by atoms with van der Waals surface area (Å²) in [7, 11) is 1.61. The summed E-state index contributed by atoms with van der Waals surface area (Å²) in [6.45, 7) is 3.84. The van der Waals surface area contributed by atoms with Gasteiger partial charge >= 0.3 is 6.09 Å². The van der Waals surface area contributed by atoms with Crippen LogP contribution in [0.15, 0.2) is 36.5 Å². The Hall–Kier alpha value is -2.38. The summed E-state index contributed by atoms with van der Waals surface area (Å²) in [6.07, 6.45) is 3.38. The van der Waals surface area contributed by atoms with Gasteiger partial charge in [0.25, 0.3) is 0 Å². The first-order valence-electron chi connectivity index (χ1n) is 9.99. The zero-order valence-corrected chi connectivity index (χ0v) is 16.6. The van der Waals surface area contributed by atoms with Crippen molar-refractivity contribution in [2.24, 2.45) is 5.92 Å². The molecule has 2 unspecified atom stereocenters. The molecule has 0 saturated carbocycles. The maximum Gasteiger partial charge on any atom is 0.407 e. The number of ether oxygens (including phenoxy) is 1. The second-order valence-electron chi connectivity index (χ2n) is 7.24. The molecule has 28 heavy (non-hydrogen) atoms. The fraction of sp³-hybridized carbons (Fsp3) is 0.524. The number of aromatic nitrogens is 1. The van der Waals surface area contributed by atoms with Gasteiger partial charge in [0.1, 0.15) is 18.7 Å². The van der Waals surface area contributed by atoms with Crippen molar-refractivity contribution in [1.29, 1.82) is 0 Å². The summed E-state index contributed by atoms with van der Waals surface area (Å²) in [5.41, 5.74) is 0. The van der Waals surface area contributed by atoms with Crippen LogP contribution < -0.4 is 15.5 Å². The van der Waals surface area contributed by atoms with Gasteiger partial charge in [-0.25, -0.2) is 9.78 Å². The molecule has 2 atom stereocenters. The van der Waals surface area contributed by atoms with Crippen molar-refractivity contribution in [2.75, 3.05) is 31.6 Å². The Balaban J connectivity index is 1.57. The van der Waals surface area contributed by atoms with Gasteiger partial charge in [0.05, 0.1) is 0 Å². The van der Waals surface area contributed by atoms with Crippen molar-refractivity contribution in [2.45, 2.75) is 38.5 Å². The third-order valence-corrected chi connectivity index (χ3v) is 5.51. The number of anilines is 1. The van der Waals surface area contributed by atoms with Crippen LogP contribution in [-0.2, 0) is 4.74 Å². The van der Waals surface area contributed by atoms with Crippen molar-refractivity contribution in [3.8, 4) is 0 Å². The van der Waals surface area contributed by atoms with E-state index < -0.39 is 12.3 Å². The number of nitrogens with zero attached hydrogens (tertiary/aromatic N) is 2. The second-order valence-corrected chi connectivity index (χ2v) is 7.24. The van der Waals surface area contributed by atoms with E-state index in [1.165, 1.54) is 10.8 Å². The number of amides is 1. The Morgan fingerprint density at radius 1 is 1.32 bits per heavy atom. The minimum absolute atomic E-state index is 0.0655. The predicted octanol–water partition coefficient (Wildman–Crippen LogP) is 2.49. The fourth-order valence-electron chi connectivity index (χ4n) is 3.85. The molecular formula is C21H30N4O3. The molecule has 3 N–H and O–H groups in total. The van der Waals surface area contributed by atoms with Crippen molar-refractivity contribution in [3.63, 3.8) is 0 Å². The molecule has 7 nitrogen and oxygen atoms in total. The minimum Gasteiger partial charge on any atom is -0.445 e. The Morgan fingerprint density at radius 2 is 2.07 bits per heavy atom. The lowest BCUT2D eigenvalue weighted by molar-refractivity contribution is 0.0507. The summed E-state index contributed by atoms with van der Waals surface area (Å²) >= 11 is 0. The average molecular weight is 386 g/mol. The van der Waals surface area contributed by atoms with Crippen molar-refractivity contribution in [1.82, 2.24) is 15.6 Å². The summed E-state index contributed by atoms with van der Waals surface area (Å²) in [6, 6.07) is 10.4. The third kappa shape index (κ3) is 4.91. The number of piperidine rings is 1. The highest BCUT2D eigenvalue weighted by Crippen LogP contribution is 2.29. The number of hydrogen-bond acceptors (Lipinski definition) is 6. The van der Waals surface area contributed by atoms with E-state index in [9.17, 15) is 9.90 Å². The number of nitrogens with one attached hydrogen (secondary N) is 2. The molecule has 1 aliphatic rings. The van der Waals surface area contributed by atoms with E-state index >= 15 is 0 Å². The molecule has 152 valence electrons. The van der Waals surface area contributed by atoms with Crippen molar-refractivity contribution in [3.05, 3.63) is 36.5 Å². The largest absolute Gasteiger partial charge is 0.445 e. The van der Waals surface area contributed by atoms with Crippen molar-refractivity contribution < 1.29 is 14.6 Å². The first-order valence-corrected chi connectivity index (χ1v) is 9.99. The van der Waals surface area contributed by atoms with Crippen molar-refractivity contribution >= 4 is 22.7 Å². The van der Waals surface area contributed by atoms with Gasteiger partial charge in [-0.15, -0.1) is 0 Å². The quantitative estimate of drug-likeness (QED) is 0.634. The molecule has 1 aromatic heterocycles. The Kier molecular flexibility index (Phi) is 7.06. The fourth-order valence-corrected chi connectivity index (χ4v) is 3.85. The van der Waals surface area contributed by atoms with E-state index in [2.05, 4.69) is 39.6 Å². The molecule has 0 aliphatic carbocycles. The summed E-state index contributed by atoms with van der Waals surface area (Å²) < 4.78 is 5.07. The minimum atomic E-state index is -0.845. The number of likely N-dealkylation sites (N-methyl/N-ethyl adjacent to an activating group) is 1. The van der Waals surface area contributed by atoms with Crippen LogP contribution in [0.5, 0.6) is 0 Å². The van der Waals surface area contributed by atoms with E-state index in [-0.39, 0.29) is 12.6 Å².